The maximum atomic E-state index is 13.5. The largest absolute Gasteiger partial charge is 0.324 e. The molecule has 0 radical (unpaired) electrons. The van der Waals surface area contributed by atoms with E-state index in [4.69, 9.17) is 11.6 Å². The maximum absolute atomic E-state index is 13.5. The highest BCUT2D eigenvalue weighted by Gasteiger charge is 2.10. The number of hydrogen-bond donors (Lipinski definition) is 2. The third-order valence-electron chi connectivity index (χ3n) is 3.14. The van der Waals surface area contributed by atoms with Crippen LogP contribution in [0.3, 0.4) is 0 Å². The van der Waals surface area contributed by atoms with Gasteiger partial charge in [-0.15, -0.1) is 0 Å². The van der Waals surface area contributed by atoms with Crippen LogP contribution in [0.4, 0.5) is 21.7 Å². The number of para-hydroxylation sites is 1. The monoisotopic (exact) mass is 342 g/mol. The zero-order chi connectivity index (χ0) is 16.9. The van der Waals surface area contributed by atoms with Crippen molar-refractivity contribution in [1.29, 1.82) is 0 Å². The van der Waals surface area contributed by atoms with Crippen LogP contribution in [-0.2, 0) is 0 Å². The summed E-state index contributed by atoms with van der Waals surface area (Å²) in [6.45, 7) is 0. The molecule has 1 heterocycles. The van der Waals surface area contributed by atoms with Gasteiger partial charge in [0.25, 0.3) is 5.91 Å². The second kappa shape index (κ2) is 7.06. The Morgan fingerprint density at radius 1 is 1.00 bits per heavy atom. The second-order valence-corrected chi connectivity index (χ2v) is 5.30. The van der Waals surface area contributed by atoms with Gasteiger partial charge in [0.05, 0.1) is 11.3 Å². The number of amides is 1. The molecule has 0 unspecified atom stereocenters. The van der Waals surface area contributed by atoms with E-state index in [1.165, 1.54) is 24.5 Å². The van der Waals surface area contributed by atoms with Crippen LogP contribution < -0.4 is 10.6 Å². The van der Waals surface area contributed by atoms with Crippen molar-refractivity contribution in [3.63, 3.8) is 0 Å². The van der Waals surface area contributed by atoms with Crippen LogP contribution >= 0.6 is 11.6 Å². The summed E-state index contributed by atoms with van der Waals surface area (Å²) >= 11 is 5.82. The third-order valence-corrected chi connectivity index (χ3v) is 3.39. The van der Waals surface area contributed by atoms with Crippen LogP contribution in [0.25, 0.3) is 0 Å². The number of nitrogens with zero attached hydrogens (tertiary/aromatic N) is 2. The quantitative estimate of drug-likeness (QED) is 0.743. The van der Waals surface area contributed by atoms with Crippen LogP contribution in [-0.4, -0.2) is 15.9 Å². The lowest BCUT2D eigenvalue weighted by Gasteiger charge is -2.07. The van der Waals surface area contributed by atoms with E-state index in [1.54, 1.807) is 36.4 Å². The van der Waals surface area contributed by atoms with Gasteiger partial charge in [-0.2, -0.15) is 0 Å². The summed E-state index contributed by atoms with van der Waals surface area (Å²) in [5.74, 6) is -0.661. The standard InChI is InChI=1S/C17H12ClFN4O/c18-12-5-7-13(8-6-12)22-17-20-9-11(10-21-17)16(24)23-15-4-2-1-3-14(15)19/h1-10H,(H,23,24)(H,20,21,22). The summed E-state index contributed by atoms with van der Waals surface area (Å²) in [4.78, 5) is 20.2. The minimum atomic E-state index is -0.507. The fourth-order valence-electron chi connectivity index (χ4n) is 1.93. The van der Waals surface area contributed by atoms with Crippen LogP contribution in [0.5, 0.6) is 0 Å². The van der Waals surface area contributed by atoms with Gasteiger partial charge in [0.15, 0.2) is 0 Å². The zero-order valence-corrected chi connectivity index (χ0v) is 13.1. The molecule has 0 saturated carbocycles. The number of benzene rings is 2. The van der Waals surface area contributed by atoms with Crippen molar-refractivity contribution in [2.24, 2.45) is 0 Å². The van der Waals surface area contributed by atoms with Crippen molar-refractivity contribution in [2.45, 2.75) is 0 Å². The molecule has 2 aromatic carbocycles. The number of halogens is 2. The van der Waals surface area contributed by atoms with Crippen LogP contribution in [0.15, 0.2) is 60.9 Å². The molecule has 0 bridgehead atoms. The van der Waals surface area contributed by atoms with Gasteiger partial charge in [-0.3, -0.25) is 4.79 Å². The number of carbonyl (C=O) groups is 1. The van der Waals surface area contributed by atoms with E-state index in [9.17, 15) is 9.18 Å². The summed E-state index contributed by atoms with van der Waals surface area (Å²) in [6.07, 6.45) is 2.73. The fourth-order valence-corrected chi connectivity index (χ4v) is 2.06. The normalized spacial score (nSPS) is 10.2. The van der Waals surface area contributed by atoms with Gasteiger partial charge in [-0.1, -0.05) is 23.7 Å². The molecule has 120 valence electrons. The summed E-state index contributed by atoms with van der Waals surface area (Å²) in [5, 5.41) is 6.08. The van der Waals surface area contributed by atoms with Gasteiger partial charge in [0, 0.05) is 23.1 Å². The number of rotatable bonds is 4. The Labute approximate surface area is 142 Å². The molecule has 1 amide bonds. The Kier molecular flexibility index (Phi) is 4.67. The van der Waals surface area contributed by atoms with E-state index in [-0.39, 0.29) is 11.3 Å². The molecule has 3 rings (SSSR count). The molecule has 0 aliphatic heterocycles. The Balaban J connectivity index is 1.68. The number of hydrogen-bond acceptors (Lipinski definition) is 4. The van der Waals surface area contributed by atoms with Crippen molar-refractivity contribution in [3.05, 3.63) is 77.3 Å². The third kappa shape index (κ3) is 3.85. The Morgan fingerprint density at radius 2 is 1.67 bits per heavy atom. The lowest BCUT2D eigenvalue weighted by atomic mass is 10.2. The Bertz CT molecular complexity index is 853. The molecule has 5 nitrogen and oxygen atoms in total. The second-order valence-electron chi connectivity index (χ2n) is 4.86. The van der Waals surface area contributed by atoms with Gasteiger partial charge in [0.2, 0.25) is 5.95 Å². The molecule has 0 aliphatic rings. The van der Waals surface area contributed by atoms with Gasteiger partial charge < -0.3 is 10.6 Å². The SMILES string of the molecule is O=C(Nc1ccccc1F)c1cnc(Nc2ccc(Cl)cc2)nc1. The first kappa shape index (κ1) is 15.9. The number of aromatic nitrogens is 2. The fraction of sp³-hybridized carbons (Fsp3) is 0. The first-order chi connectivity index (χ1) is 11.6. The van der Waals surface area contributed by atoms with E-state index in [0.717, 1.165) is 5.69 Å². The topological polar surface area (TPSA) is 66.9 Å². The average molecular weight is 343 g/mol. The molecular formula is C17H12ClFN4O. The van der Waals surface area contributed by atoms with E-state index in [1.807, 2.05) is 0 Å². The van der Waals surface area contributed by atoms with Gasteiger partial charge in [-0.05, 0) is 36.4 Å². The van der Waals surface area contributed by atoms with Crippen molar-refractivity contribution in [2.75, 3.05) is 10.6 Å². The molecular weight excluding hydrogens is 331 g/mol. The smallest absolute Gasteiger partial charge is 0.258 e. The van der Waals surface area contributed by atoms with Crippen LogP contribution in [0.2, 0.25) is 5.02 Å². The first-order valence-corrected chi connectivity index (χ1v) is 7.40. The summed E-state index contributed by atoms with van der Waals surface area (Å²) < 4.78 is 13.5. The Morgan fingerprint density at radius 3 is 2.33 bits per heavy atom. The molecule has 0 spiro atoms. The van der Waals surface area contributed by atoms with Gasteiger partial charge in [0.1, 0.15) is 5.82 Å². The highest BCUT2D eigenvalue weighted by Crippen LogP contribution is 2.17. The molecule has 3 aromatic rings. The van der Waals surface area contributed by atoms with E-state index in [0.29, 0.717) is 11.0 Å². The molecule has 0 fully saturated rings. The molecule has 0 atom stereocenters. The lowest BCUT2D eigenvalue weighted by molar-refractivity contribution is 0.102. The minimum absolute atomic E-state index is 0.103. The first-order valence-electron chi connectivity index (χ1n) is 7.02. The van der Waals surface area contributed by atoms with Crippen molar-refractivity contribution < 1.29 is 9.18 Å². The van der Waals surface area contributed by atoms with Crippen LogP contribution in [0.1, 0.15) is 10.4 Å². The molecule has 0 saturated heterocycles. The lowest BCUT2D eigenvalue weighted by Crippen LogP contribution is -2.14. The molecule has 0 aliphatic carbocycles. The van der Waals surface area contributed by atoms with Crippen molar-refractivity contribution >= 4 is 34.8 Å². The molecule has 24 heavy (non-hydrogen) atoms. The number of carbonyl (C=O) groups excluding carboxylic acids is 1. The Hall–Kier alpha value is -2.99. The predicted molar refractivity (Wildman–Crippen MR) is 91.1 cm³/mol. The van der Waals surface area contributed by atoms with E-state index in [2.05, 4.69) is 20.6 Å². The summed E-state index contributed by atoms with van der Waals surface area (Å²) in [5.41, 5.74) is 1.09. The predicted octanol–water partition coefficient (Wildman–Crippen LogP) is 4.27. The highest BCUT2D eigenvalue weighted by atomic mass is 35.5. The molecule has 1 aromatic heterocycles. The molecule has 2 N–H and O–H groups in total. The van der Waals surface area contributed by atoms with Crippen molar-refractivity contribution in [3.8, 4) is 0 Å². The van der Waals surface area contributed by atoms with E-state index < -0.39 is 11.7 Å². The van der Waals surface area contributed by atoms with Gasteiger partial charge >= 0.3 is 0 Å². The molecule has 7 heteroatoms. The maximum Gasteiger partial charge on any atom is 0.258 e. The van der Waals surface area contributed by atoms with E-state index >= 15 is 0 Å². The number of nitrogens with one attached hydrogen (secondary N) is 2. The van der Waals surface area contributed by atoms with Gasteiger partial charge in [-0.25, -0.2) is 14.4 Å². The minimum Gasteiger partial charge on any atom is -0.324 e. The summed E-state index contributed by atoms with van der Waals surface area (Å²) in [6, 6.07) is 13.0. The summed E-state index contributed by atoms with van der Waals surface area (Å²) in [7, 11) is 0. The van der Waals surface area contributed by atoms with Crippen LogP contribution in [0, 0.1) is 5.82 Å². The highest BCUT2D eigenvalue weighted by molar-refractivity contribution is 6.30. The van der Waals surface area contributed by atoms with Crippen molar-refractivity contribution in [1.82, 2.24) is 9.97 Å². The number of anilines is 3. The average Bonchev–Trinajstić information content (AvgIpc) is 2.59. The zero-order valence-electron chi connectivity index (χ0n) is 12.3.